The van der Waals surface area contributed by atoms with Gasteiger partial charge in [0.05, 0.1) is 5.75 Å². The Bertz CT molecular complexity index is 584. The first-order valence-corrected chi connectivity index (χ1v) is 7.42. The number of halogens is 1. The molecule has 1 heterocycles. The summed E-state index contributed by atoms with van der Waals surface area (Å²) in [6, 6.07) is 6.93. The molecule has 2 rings (SSSR count). The number of nitrogens with zero attached hydrogens (tertiary/aromatic N) is 2. The van der Waals surface area contributed by atoms with Gasteiger partial charge in [0.25, 0.3) is 5.22 Å². The average molecular weight is 312 g/mol. The average Bonchev–Trinajstić information content (AvgIpc) is 2.88. The number of rotatable bonds is 5. The molecule has 0 bridgehead atoms. The molecule has 0 saturated heterocycles. The van der Waals surface area contributed by atoms with Gasteiger partial charge in [0, 0.05) is 16.6 Å². The molecule has 1 amide bonds. The van der Waals surface area contributed by atoms with Crippen molar-refractivity contribution in [3.63, 3.8) is 0 Å². The Morgan fingerprint density at radius 2 is 2.05 bits per heavy atom. The van der Waals surface area contributed by atoms with E-state index in [1.165, 1.54) is 11.8 Å². The number of carbonyl (C=O) groups is 1. The zero-order valence-corrected chi connectivity index (χ0v) is 12.7. The lowest BCUT2D eigenvalue weighted by atomic mass is 10.2. The number of nitrogens with one attached hydrogen (secondary N) is 1. The predicted octanol–water partition coefficient (Wildman–Crippen LogP) is 3.58. The molecule has 5 nitrogen and oxygen atoms in total. The third kappa shape index (κ3) is 4.25. The fourth-order valence-corrected chi connectivity index (χ4v) is 2.07. The van der Waals surface area contributed by atoms with E-state index < -0.39 is 0 Å². The molecule has 1 N–H and O–H groups in total. The van der Waals surface area contributed by atoms with Gasteiger partial charge < -0.3 is 9.73 Å². The number of carbonyl (C=O) groups excluding carboxylic acids is 1. The first-order chi connectivity index (χ1) is 9.54. The van der Waals surface area contributed by atoms with Crippen molar-refractivity contribution >= 4 is 35.0 Å². The molecular formula is C13H14ClN3O2S. The fraction of sp³-hybridized carbons (Fsp3) is 0.308. The van der Waals surface area contributed by atoms with Crippen molar-refractivity contribution in [2.24, 2.45) is 0 Å². The summed E-state index contributed by atoms with van der Waals surface area (Å²) < 4.78 is 5.40. The zero-order valence-electron chi connectivity index (χ0n) is 11.1. The number of hydrogen-bond donors (Lipinski definition) is 1. The van der Waals surface area contributed by atoms with E-state index in [9.17, 15) is 4.79 Å². The highest BCUT2D eigenvalue weighted by atomic mass is 35.5. The van der Waals surface area contributed by atoms with Gasteiger partial charge in [-0.2, -0.15) is 0 Å². The second-order valence-electron chi connectivity index (χ2n) is 4.40. The molecule has 0 fully saturated rings. The summed E-state index contributed by atoms with van der Waals surface area (Å²) >= 11 is 6.98. The third-order valence-electron chi connectivity index (χ3n) is 2.37. The fourth-order valence-electron chi connectivity index (χ4n) is 1.37. The normalized spacial score (nSPS) is 10.8. The number of thioether (sulfide) groups is 1. The lowest BCUT2D eigenvalue weighted by Gasteiger charge is -2.03. The highest BCUT2D eigenvalue weighted by Crippen LogP contribution is 2.20. The first-order valence-electron chi connectivity index (χ1n) is 6.06. The molecule has 106 valence electrons. The number of amides is 1. The lowest BCUT2D eigenvalue weighted by Crippen LogP contribution is -2.13. The van der Waals surface area contributed by atoms with Crippen LogP contribution in [0.15, 0.2) is 33.9 Å². The molecule has 7 heteroatoms. The molecule has 0 unspecified atom stereocenters. The van der Waals surface area contributed by atoms with Crippen LogP contribution in [0.25, 0.3) is 0 Å². The van der Waals surface area contributed by atoms with Crippen LogP contribution in [0.1, 0.15) is 25.7 Å². The van der Waals surface area contributed by atoms with Crippen LogP contribution in [0, 0.1) is 0 Å². The van der Waals surface area contributed by atoms with Gasteiger partial charge in [-0.1, -0.05) is 37.2 Å². The molecule has 0 aliphatic rings. The van der Waals surface area contributed by atoms with E-state index in [2.05, 4.69) is 15.5 Å². The van der Waals surface area contributed by atoms with Gasteiger partial charge in [-0.3, -0.25) is 4.79 Å². The van der Waals surface area contributed by atoms with Gasteiger partial charge >= 0.3 is 0 Å². The van der Waals surface area contributed by atoms with Crippen LogP contribution in [-0.4, -0.2) is 21.9 Å². The van der Waals surface area contributed by atoms with E-state index in [1.807, 2.05) is 13.8 Å². The molecule has 20 heavy (non-hydrogen) atoms. The molecule has 0 saturated carbocycles. The van der Waals surface area contributed by atoms with Crippen LogP contribution in [0.3, 0.4) is 0 Å². The maximum Gasteiger partial charge on any atom is 0.277 e. The smallest absolute Gasteiger partial charge is 0.277 e. The Morgan fingerprint density at radius 1 is 1.35 bits per heavy atom. The van der Waals surface area contributed by atoms with Crippen molar-refractivity contribution in [1.29, 1.82) is 0 Å². The molecule has 0 atom stereocenters. The van der Waals surface area contributed by atoms with Crippen molar-refractivity contribution in [2.75, 3.05) is 11.1 Å². The zero-order chi connectivity index (χ0) is 14.5. The summed E-state index contributed by atoms with van der Waals surface area (Å²) in [6.07, 6.45) is 0. The van der Waals surface area contributed by atoms with E-state index >= 15 is 0 Å². The van der Waals surface area contributed by atoms with Crippen molar-refractivity contribution in [1.82, 2.24) is 10.2 Å². The maximum absolute atomic E-state index is 11.8. The molecule has 0 aliphatic heterocycles. The molecule has 1 aromatic carbocycles. The van der Waals surface area contributed by atoms with E-state index in [0.29, 0.717) is 21.8 Å². The van der Waals surface area contributed by atoms with E-state index in [-0.39, 0.29) is 17.6 Å². The lowest BCUT2D eigenvalue weighted by molar-refractivity contribution is -0.113. The number of aromatic nitrogens is 2. The van der Waals surface area contributed by atoms with Crippen molar-refractivity contribution in [2.45, 2.75) is 25.0 Å². The van der Waals surface area contributed by atoms with Crippen molar-refractivity contribution in [3.8, 4) is 0 Å². The first kappa shape index (κ1) is 14.9. The summed E-state index contributed by atoms with van der Waals surface area (Å²) in [7, 11) is 0. The Hall–Kier alpha value is -1.53. The summed E-state index contributed by atoms with van der Waals surface area (Å²) in [6.45, 7) is 3.93. The van der Waals surface area contributed by atoms with Crippen molar-refractivity contribution < 1.29 is 9.21 Å². The Morgan fingerprint density at radius 3 is 2.65 bits per heavy atom. The predicted molar refractivity (Wildman–Crippen MR) is 79.2 cm³/mol. The van der Waals surface area contributed by atoms with Crippen LogP contribution in [0.5, 0.6) is 0 Å². The van der Waals surface area contributed by atoms with Gasteiger partial charge in [0.1, 0.15) is 0 Å². The molecular weight excluding hydrogens is 298 g/mol. The van der Waals surface area contributed by atoms with Crippen LogP contribution >= 0.6 is 23.4 Å². The second-order valence-corrected chi connectivity index (χ2v) is 5.77. The van der Waals surface area contributed by atoms with Gasteiger partial charge in [0.2, 0.25) is 11.8 Å². The number of hydrogen-bond acceptors (Lipinski definition) is 5. The van der Waals surface area contributed by atoms with Gasteiger partial charge in [-0.25, -0.2) is 0 Å². The SMILES string of the molecule is CC(C)c1nnc(SCC(=O)Nc2ccc(Cl)cc2)o1. The van der Waals surface area contributed by atoms with Crippen LogP contribution in [-0.2, 0) is 4.79 Å². The minimum atomic E-state index is -0.137. The van der Waals surface area contributed by atoms with Crippen molar-refractivity contribution in [3.05, 3.63) is 35.2 Å². The highest BCUT2D eigenvalue weighted by molar-refractivity contribution is 7.99. The Balaban J connectivity index is 1.84. The van der Waals surface area contributed by atoms with Gasteiger partial charge in [-0.15, -0.1) is 10.2 Å². The minimum absolute atomic E-state index is 0.137. The molecule has 0 aliphatic carbocycles. The molecule has 0 spiro atoms. The van der Waals surface area contributed by atoms with Crippen LogP contribution in [0.4, 0.5) is 5.69 Å². The molecule has 1 aromatic heterocycles. The van der Waals surface area contributed by atoms with Gasteiger partial charge in [-0.05, 0) is 24.3 Å². The monoisotopic (exact) mass is 311 g/mol. The van der Waals surface area contributed by atoms with E-state index in [0.717, 1.165) is 0 Å². The van der Waals surface area contributed by atoms with E-state index in [1.54, 1.807) is 24.3 Å². The second kappa shape index (κ2) is 6.76. The maximum atomic E-state index is 11.8. The summed E-state index contributed by atoms with van der Waals surface area (Å²) in [5, 5.41) is 11.6. The van der Waals surface area contributed by atoms with E-state index in [4.69, 9.17) is 16.0 Å². The summed E-state index contributed by atoms with van der Waals surface area (Å²) in [5.41, 5.74) is 0.702. The van der Waals surface area contributed by atoms with Crippen LogP contribution < -0.4 is 5.32 Å². The number of anilines is 1. The minimum Gasteiger partial charge on any atom is -0.416 e. The van der Waals surface area contributed by atoms with Crippen LogP contribution in [0.2, 0.25) is 5.02 Å². The largest absolute Gasteiger partial charge is 0.416 e. The standard InChI is InChI=1S/C13H14ClN3O2S/c1-8(2)12-16-17-13(19-12)20-7-11(18)15-10-5-3-9(14)4-6-10/h3-6,8H,7H2,1-2H3,(H,15,18). The third-order valence-corrected chi connectivity index (χ3v) is 3.44. The topological polar surface area (TPSA) is 68.0 Å². The summed E-state index contributed by atoms with van der Waals surface area (Å²) in [5.74, 6) is 0.828. The quantitative estimate of drug-likeness (QED) is 0.855. The number of benzene rings is 1. The Kier molecular flexibility index (Phi) is 5.03. The molecule has 0 radical (unpaired) electrons. The highest BCUT2D eigenvalue weighted by Gasteiger charge is 2.11. The van der Waals surface area contributed by atoms with Gasteiger partial charge in [0.15, 0.2) is 0 Å². The molecule has 2 aromatic rings. The summed E-state index contributed by atoms with van der Waals surface area (Å²) in [4.78, 5) is 11.8. The Labute approximate surface area is 126 Å².